The Balaban J connectivity index is 2.66. The summed E-state index contributed by atoms with van der Waals surface area (Å²) in [7, 11) is 1.31. The lowest BCUT2D eigenvalue weighted by Crippen LogP contribution is -2.60. The number of amides is 1. The molecule has 1 saturated heterocycles. The average Bonchev–Trinajstić information content (AvgIpc) is 2.37. The third kappa shape index (κ3) is 4.47. The van der Waals surface area contributed by atoms with Crippen molar-refractivity contribution >= 4 is 11.9 Å². The monoisotopic (exact) mass is 272 g/mol. The summed E-state index contributed by atoms with van der Waals surface area (Å²) >= 11 is 0. The molecule has 1 rings (SSSR count). The minimum atomic E-state index is -0.943. The van der Waals surface area contributed by atoms with Crippen molar-refractivity contribution in [1.29, 1.82) is 0 Å². The molecular weight excluding hydrogens is 248 g/mol. The SMILES string of the molecule is COC(=O)[C@H](CC(C)C)NC(=O)C1(N)CCOCC1. The number of carbonyl (C=O) groups is 2. The molecule has 3 N–H and O–H groups in total. The molecule has 1 fully saturated rings. The Kier molecular flexibility index (Phi) is 5.75. The average molecular weight is 272 g/mol. The maximum absolute atomic E-state index is 12.2. The van der Waals surface area contributed by atoms with Gasteiger partial charge in [0.25, 0.3) is 0 Å². The molecule has 0 aliphatic carbocycles. The summed E-state index contributed by atoms with van der Waals surface area (Å²) in [6.45, 7) is 4.90. The van der Waals surface area contributed by atoms with Gasteiger partial charge in [0, 0.05) is 13.2 Å². The van der Waals surface area contributed by atoms with Crippen LogP contribution in [0.25, 0.3) is 0 Å². The lowest BCUT2D eigenvalue weighted by molar-refractivity contribution is -0.146. The molecule has 0 aromatic heterocycles. The zero-order valence-electron chi connectivity index (χ0n) is 11.9. The largest absolute Gasteiger partial charge is 0.467 e. The molecule has 0 saturated carbocycles. The van der Waals surface area contributed by atoms with Crippen LogP contribution in [0.15, 0.2) is 0 Å². The van der Waals surface area contributed by atoms with Gasteiger partial charge in [0.05, 0.1) is 12.6 Å². The molecular formula is C13H24N2O4. The molecule has 6 heteroatoms. The van der Waals surface area contributed by atoms with E-state index in [2.05, 4.69) is 5.32 Å². The lowest BCUT2D eigenvalue weighted by Gasteiger charge is -2.33. The molecule has 1 aliphatic rings. The molecule has 6 nitrogen and oxygen atoms in total. The van der Waals surface area contributed by atoms with Gasteiger partial charge in [-0.3, -0.25) is 4.79 Å². The van der Waals surface area contributed by atoms with Crippen LogP contribution in [0.4, 0.5) is 0 Å². The Labute approximate surface area is 114 Å². The highest BCUT2D eigenvalue weighted by atomic mass is 16.5. The van der Waals surface area contributed by atoms with E-state index in [0.29, 0.717) is 32.5 Å². The van der Waals surface area contributed by atoms with E-state index in [4.69, 9.17) is 15.2 Å². The molecule has 0 spiro atoms. The van der Waals surface area contributed by atoms with E-state index in [9.17, 15) is 9.59 Å². The van der Waals surface area contributed by atoms with Crippen LogP contribution in [-0.4, -0.2) is 43.8 Å². The molecule has 1 aliphatic heterocycles. The molecule has 110 valence electrons. The Bertz CT molecular complexity index is 325. The van der Waals surface area contributed by atoms with E-state index in [0.717, 1.165) is 0 Å². The van der Waals surface area contributed by atoms with Crippen LogP contribution < -0.4 is 11.1 Å². The van der Waals surface area contributed by atoms with Crippen LogP contribution in [0, 0.1) is 5.92 Å². The van der Waals surface area contributed by atoms with Crippen LogP contribution in [0.5, 0.6) is 0 Å². The van der Waals surface area contributed by atoms with Crippen LogP contribution in [-0.2, 0) is 19.1 Å². The molecule has 1 atom stereocenters. The summed E-state index contributed by atoms with van der Waals surface area (Å²) in [5, 5.41) is 2.72. The van der Waals surface area contributed by atoms with Gasteiger partial charge in [0.1, 0.15) is 6.04 Å². The molecule has 19 heavy (non-hydrogen) atoms. The summed E-state index contributed by atoms with van der Waals surface area (Å²) < 4.78 is 9.92. The van der Waals surface area contributed by atoms with Gasteiger partial charge in [-0.05, 0) is 25.2 Å². The quantitative estimate of drug-likeness (QED) is 0.698. The number of esters is 1. The van der Waals surface area contributed by atoms with Gasteiger partial charge in [0.15, 0.2) is 0 Å². The van der Waals surface area contributed by atoms with Gasteiger partial charge in [0.2, 0.25) is 5.91 Å². The highest BCUT2D eigenvalue weighted by Gasteiger charge is 2.38. The highest BCUT2D eigenvalue weighted by Crippen LogP contribution is 2.18. The topological polar surface area (TPSA) is 90.7 Å². The predicted octanol–water partition coefficient (Wildman–Crippen LogP) is 0.198. The maximum atomic E-state index is 12.2. The minimum Gasteiger partial charge on any atom is -0.467 e. The van der Waals surface area contributed by atoms with Crippen molar-refractivity contribution in [2.75, 3.05) is 20.3 Å². The molecule has 0 aromatic carbocycles. The van der Waals surface area contributed by atoms with Crippen molar-refractivity contribution in [3.63, 3.8) is 0 Å². The van der Waals surface area contributed by atoms with Crippen LogP contribution >= 0.6 is 0 Å². The summed E-state index contributed by atoms with van der Waals surface area (Å²) in [6, 6.07) is -0.638. The lowest BCUT2D eigenvalue weighted by atomic mass is 9.89. The summed E-state index contributed by atoms with van der Waals surface area (Å²) in [4.78, 5) is 23.9. The molecule has 0 radical (unpaired) electrons. The van der Waals surface area contributed by atoms with Crippen molar-refractivity contribution < 1.29 is 19.1 Å². The van der Waals surface area contributed by atoms with E-state index < -0.39 is 17.6 Å². The van der Waals surface area contributed by atoms with Crippen molar-refractivity contribution in [3.05, 3.63) is 0 Å². The Hall–Kier alpha value is -1.14. The maximum Gasteiger partial charge on any atom is 0.328 e. The summed E-state index contributed by atoms with van der Waals surface area (Å²) in [5.41, 5.74) is 5.14. The first-order chi connectivity index (χ1) is 8.89. The van der Waals surface area contributed by atoms with Gasteiger partial charge in [-0.15, -0.1) is 0 Å². The zero-order valence-corrected chi connectivity index (χ0v) is 11.9. The van der Waals surface area contributed by atoms with Crippen molar-refractivity contribution in [3.8, 4) is 0 Å². The second-order valence-electron chi connectivity index (χ2n) is 5.45. The van der Waals surface area contributed by atoms with Crippen molar-refractivity contribution in [2.45, 2.75) is 44.7 Å². The van der Waals surface area contributed by atoms with E-state index in [-0.39, 0.29) is 11.8 Å². The van der Waals surface area contributed by atoms with Crippen LogP contribution in [0.3, 0.4) is 0 Å². The number of rotatable bonds is 5. The van der Waals surface area contributed by atoms with Gasteiger partial charge >= 0.3 is 5.97 Å². The Morgan fingerprint density at radius 1 is 1.37 bits per heavy atom. The van der Waals surface area contributed by atoms with Gasteiger partial charge in [-0.2, -0.15) is 0 Å². The van der Waals surface area contributed by atoms with Gasteiger partial charge in [-0.1, -0.05) is 13.8 Å². The number of hydrogen-bond donors (Lipinski definition) is 2. The Morgan fingerprint density at radius 3 is 2.42 bits per heavy atom. The number of nitrogens with one attached hydrogen (secondary N) is 1. The van der Waals surface area contributed by atoms with Gasteiger partial charge < -0.3 is 20.5 Å². The first kappa shape index (κ1) is 15.9. The number of nitrogens with two attached hydrogens (primary N) is 1. The Morgan fingerprint density at radius 2 is 1.95 bits per heavy atom. The third-order valence-electron chi connectivity index (χ3n) is 3.34. The summed E-state index contributed by atoms with van der Waals surface area (Å²) in [6.07, 6.45) is 1.47. The summed E-state index contributed by atoms with van der Waals surface area (Å²) in [5.74, 6) is -0.461. The fraction of sp³-hybridized carbons (Fsp3) is 0.846. The normalized spacial score (nSPS) is 19.8. The standard InChI is InChI=1S/C13H24N2O4/c1-9(2)8-10(11(16)18-3)15-12(17)13(14)4-6-19-7-5-13/h9-10H,4-8,14H2,1-3H3,(H,15,17)/t10-/m0/s1. The van der Waals surface area contributed by atoms with E-state index in [1.807, 2.05) is 13.8 Å². The van der Waals surface area contributed by atoms with Crippen LogP contribution in [0.2, 0.25) is 0 Å². The smallest absolute Gasteiger partial charge is 0.328 e. The van der Waals surface area contributed by atoms with E-state index in [1.54, 1.807) is 0 Å². The van der Waals surface area contributed by atoms with Crippen molar-refractivity contribution in [1.82, 2.24) is 5.32 Å². The second-order valence-corrected chi connectivity index (χ2v) is 5.45. The first-order valence-corrected chi connectivity index (χ1v) is 6.64. The number of ether oxygens (including phenoxy) is 2. The fourth-order valence-corrected chi connectivity index (χ4v) is 2.09. The first-order valence-electron chi connectivity index (χ1n) is 6.64. The fourth-order valence-electron chi connectivity index (χ4n) is 2.09. The number of carbonyl (C=O) groups excluding carboxylic acids is 2. The second kappa shape index (κ2) is 6.86. The molecule has 1 heterocycles. The molecule has 0 aromatic rings. The van der Waals surface area contributed by atoms with E-state index in [1.165, 1.54) is 7.11 Å². The predicted molar refractivity (Wildman–Crippen MR) is 70.4 cm³/mol. The highest BCUT2D eigenvalue weighted by molar-refractivity contribution is 5.90. The van der Waals surface area contributed by atoms with Crippen molar-refractivity contribution in [2.24, 2.45) is 11.7 Å². The molecule has 1 amide bonds. The molecule has 0 unspecified atom stereocenters. The minimum absolute atomic E-state index is 0.271. The van der Waals surface area contributed by atoms with E-state index >= 15 is 0 Å². The zero-order chi connectivity index (χ0) is 14.5. The van der Waals surface area contributed by atoms with Crippen LogP contribution in [0.1, 0.15) is 33.1 Å². The number of hydrogen-bond acceptors (Lipinski definition) is 5. The number of methoxy groups -OCH3 is 1. The van der Waals surface area contributed by atoms with Gasteiger partial charge in [-0.25, -0.2) is 4.79 Å². The molecule has 0 bridgehead atoms. The third-order valence-corrected chi connectivity index (χ3v) is 3.34.